The standard InChI is InChI=1S/C28H27FN8O2/c1-28(39,22-2-4-24(29)5-3-22)23-14-30-26(31-15-23)19-6-8-35(9-7-19)27-25-12-20(17-37(25)34-18-32-27)21-13-33-36(16-21)10-11-38/h2-6,12-18,38-39H,7-11H2,1H3. The molecule has 4 aromatic heterocycles. The molecule has 11 heteroatoms. The third kappa shape index (κ3) is 4.77. The Morgan fingerprint density at radius 1 is 0.974 bits per heavy atom. The first-order valence-corrected chi connectivity index (χ1v) is 12.6. The molecule has 6 rings (SSSR count). The van der Waals surface area contributed by atoms with Crippen molar-refractivity contribution in [3.05, 3.63) is 96.5 Å². The van der Waals surface area contributed by atoms with Crippen molar-refractivity contribution in [3.8, 4) is 11.1 Å². The van der Waals surface area contributed by atoms with Crippen molar-refractivity contribution in [2.75, 3.05) is 24.6 Å². The Morgan fingerprint density at radius 2 is 1.77 bits per heavy atom. The van der Waals surface area contributed by atoms with E-state index >= 15 is 0 Å². The van der Waals surface area contributed by atoms with Crippen LogP contribution in [0.25, 0.3) is 22.2 Å². The molecule has 5 aromatic rings. The number of benzene rings is 1. The van der Waals surface area contributed by atoms with Gasteiger partial charge in [0.25, 0.3) is 0 Å². The minimum Gasteiger partial charge on any atom is -0.394 e. The van der Waals surface area contributed by atoms with Crippen molar-refractivity contribution < 1.29 is 14.6 Å². The molecule has 0 saturated carbocycles. The van der Waals surface area contributed by atoms with Crippen molar-refractivity contribution in [3.63, 3.8) is 0 Å². The number of fused-ring (bicyclic) bond motifs is 1. The zero-order valence-electron chi connectivity index (χ0n) is 21.3. The molecule has 1 aliphatic heterocycles. The van der Waals surface area contributed by atoms with Crippen LogP contribution in [0.4, 0.5) is 10.2 Å². The monoisotopic (exact) mass is 526 g/mol. The van der Waals surface area contributed by atoms with E-state index in [1.165, 1.54) is 12.1 Å². The quantitative estimate of drug-likeness (QED) is 0.332. The first-order valence-electron chi connectivity index (χ1n) is 12.6. The summed E-state index contributed by atoms with van der Waals surface area (Å²) in [6.45, 7) is 3.49. The van der Waals surface area contributed by atoms with E-state index in [1.807, 2.05) is 23.0 Å². The minimum absolute atomic E-state index is 0.0327. The number of aromatic nitrogens is 7. The summed E-state index contributed by atoms with van der Waals surface area (Å²) in [6.07, 6.45) is 13.2. The summed E-state index contributed by atoms with van der Waals surface area (Å²) in [5.74, 6) is 1.10. The van der Waals surface area contributed by atoms with Gasteiger partial charge in [0.15, 0.2) is 11.6 Å². The van der Waals surface area contributed by atoms with E-state index < -0.39 is 5.60 Å². The summed E-state index contributed by atoms with van der Waals surface area (Å²) >= 11 is 0. The number of aliphatic hydroxyl groups is 2. The fourth-order valence-electron chi connectivity index (χ4n) is 4.81. The highest BCUT2D eigenvalue weighted by molar-refractivity contribution is 5.78. The van der Waals surface area contributed by atoms with E-state index in [9.17, 15) is 9.50 Å². The van der Waals surface area contributed by atoms with Gasteiger partial charge in [0.1, 0.15) is 23.3 Å². The van der Waals surface area contributed by atoms with E-state index in [1.54, 1.807) is 48.7 Å². The second-order valence-electron chi connectivity index (χ2n) is 9.66. The lowest BCUT2D eigenvalue weighted by atomic mass is 9.90. The number of rotatable bonds is 7. The van der Waals surface area contributed by atoms with Gasteiger partial charge in [-0.15, -0.1) is 0 Å². The van der Waals surface area contributed by atoms with Gasteiger partial charge in [0.05, 0.1) is 19.3 Å². The van der Waals surface area contributed by atoms with Gasteiger partial charge < -0.3 is 15.1 Å². The summed E-state index contributed by atoms with van der Waals surface area (Å²) < 4.78 is 16.8. The number of nitrogens with zero attached hydrogens (tertiary/aromatic N) is 8. The molecule has 0 fully saturated rings. The second-order valence-corrected chi connectivity index (χ2v) is 9.66. The summed E-state index contributed by atoms with van der Waals surface area (Å²) in [6, 6.07) is 7.81. The Labute approximate surface area is 223 Å². The Kier molecular flexibility index (Phi) is 6.37. The molecule has 198 valence electrons. The van der Waals surface area contributed by atoms with Crippen LogP contribution in [0.5, 0.6) is 0 Å². The molecule has 2 N–H and O–H groups in total. The zero-order valence-corrected chi connectivity index (χ0v) is 21.3. The van der Waals surface area contributed by atoms with Gasteiger partial charge >= 0.3 is 0 Å². The Hall–Kier alpha value is -4.48. The maximum atomic E-state index is 13.3. The summed E-state index contributed by atoms with van der Waals surface area (Å²) in [5.41, 5.74) is 3.59. The Bertz CT molecular complexity index is 1640. The van der Waals surface area contributed by atoms with E-state index in [2.05, 4.69) is 36.1 Å². The van der Waals surface area contributed by atoms with E-state index in [-0.39, 0.29) is 12.4 Å². The third-order valence-electron chi connectivity index (χ3n) is 7.10. The number of hydrogen-bond acceptors (Lipinski definition) is 8. The van der Waals surface area contributed by atoms with Gasteiger partial charge in [-0.2, -0.15) is 10.2 Å². The molecule has 1 aliphatic rings. The molecule has 0 spiro atoms. The average molecular weight is 527 g/mol. The highest BCUT2D eigenvalue weighted by atomic mass is 19.1. The third-order valence-corrected chi connectivity index (χ3v) is 7.10. The first kappa shape index (κ1) is 24.8. The molecule has 1 atom stereocenters. The SMILES string of the molecule is CC(O)(c1ccc(F)cc1)c1cnc(C2=CCN(c3ncnn4cc(-c5cnn(CCO)c5)cc34)CC2)nc1. The van der Waals surface area contributed by atoms with Gasteiger partial charge in [0, 0.05) is 54.6 Å². The molecular formula is C28H27FN8O2. The molecule has 0 aliphatic carbocycles. The molecule has 10 nitrogen and oxygen atoms in total. The van der Waals surface area contributed by atoms with Crippen LogP contribution in [-0.2, 0) is 12.1 Å². The van der Waals surface area contributed by atoms with Gasteiger partial charge in [0.2, 0.25) is 0 Å². The minimum atomic E-state index is -1.34. The highest BCUT2D eigenvalue weighted by Crippen LogP contribution is 2.31. The van der Waals surface area contributed by atoms with Gasteiger partial charge in [-0.05, 0) is 42.7 Å². The summed E-state index contributed by atoms with van der Waals surface area (Å²) in [4.78, 5) is 15.8. The van der Waals surface area contributed by atoms with Crippen LogP contribution in [0.3, 0.4) is 0 Å². The zero-order chi connectivity index (χ0) is 27.0. The Balaban J connectivity index is 1.20. The van der Waals surface area contributed by atoms with Crippen LogP contribution >= 0.6 is 0 Å². The smallest absolute Gasteiger partial charge is 0.156 e. The van der Waals surface area contributed by atoms with Crippen LogP contribution in [-0.4, -0.2) is 64.3 Å². The van der Waals surface area contributed by atoms with Crippen LogP contribution in [0.2, 0.25) is 0 Å². The molecular weight excluding hydrogens is 499 g/mol. The highest BCUT2D eigenvalue weighted by Gasteiger charge is 2.27. The molecule has 0 radical (unpaired) electrons. The lowest BCUT2D eigenvalue weighted by molar-refractivity contribution is 0.101. The molecule has 0 amide bonds. The largest absolute Gasteiger partial charge is 0.394 e. The van der Waals surface area contributed by atoms with E-state index in [4.69, 9.17) is 5.11 Å². The normalized spacial score (nSPS) is 15.4. The van der Waals surface area contributed by atoms with Crippen molar-refractivity contribution in [2.24, 2.45) is 0 Å². The molecule has 5 heterocycles. The predicted molar refractivity (Wildman–Crippen MR) is 143 cm³/mol. The van der Waals surface area contributed by atoms with Crippen molar-refractivity contribution in [1.82, 2.24) is 34.3 Å². The van der Waals surface area contributed by atoms with Gasteiger partial charge in [-0.25, -0.2) is 23.9 Å². The maximum absolute atomic E-state index is 13.3. The fourth-order valence-corrected chi connectivity index (χ4v) is 4.81. The lowest BCUT2D eigenvalue weighted by Crippen LogP contribution is -2.30. The van der Waals surface area contributed by atoms with Gasteiger partial charge in [-0.3, -0.25) is 4.68 Å². The molecule has 0 bridgehead atoms. The van der Waals surface area contributed by atoms with Crippen LogP contribution < -0.4 is 4.90 Å². The maximum Gasteiger partial charge on any atom is 0.156 e. The van der Waals surface area contributed by atoms with E-state index in [0.29, 0.717) is 30.0 Å². The van der Waals surface area contributed by atoms with Crippen LogP contribution in [0, 0.1) is 5.82 Å². The van der Waals surface area contributed by atoms with Crippen LogP contribution in [0.15, 0.2) is 73.7 Å². The molecule has 1 unspecified atom stereocenters. The fraction of sp³-hybridized carbons (Fsp3) is 0.250. The lowest BCUT2D eigenvalue weighted by Gasteiger charge is -2.27. The number of aliphatic hydroxyl groups excluding tert-OH is 1. The molecule has 1 aromatic carbocycles. The average Bonchev–Trinajstić information content (AvgIpc) is 3.61. The molecule has 39 heavy (non-hydrogen) atoms. The second kappa shape index (κ2) is 10.0. The van der Waals surface area contributed by atoms with Gasteiger partial charge in [-0.1, -0.05) is 18.2 Å². The van der Waals surface area contributed by atoms with E-state index in [0.717, 1.165) is 41.0 Å². The number of hydrogen-bond donors (Lipinski definition) is 2. The van der Waals surface area contributed by atoms with Crippen molar-refractivity contribution >= 4 is 16.9 Å². The summed E-state index contributed by atoms with van der Waals surface area (Å²) in [7, 11) is 0. The first-order chi connectivity index (χ1) is 18.9. The number of halogens is 1. The summed E-state index contributed by atoms with van der Waals surface area (Å²) in [5, 5.41) is 28.9. The van der Waals surface area contributed by atoms with Crippen LogP contribution in [0.1, 0.15) is 30.3 Å². The Morgan fingerprint density at radius 3 is 2.49 bits per heavy atom. The van der Waals surface area contributed by atoms with Crippen molar-refractivity contribution in [1.29, 1.82) is 0 Å². The molecule has 0 saturated heterocycles. The number of anilines is 1. The predicted octanol–water partition coefficient (Wildman–Crippen LogP) is 3.06. The topological polar surface area (TPSA) is 117 Å². The van der Waals surface area contributed by atoms with Crippen molar-refractivity contribution in [2.45, 2.75) is 25.5 Å².